The Bertz CT molecular complexity index is 1110. The summed E-state index contributed by atoms with van der Waals surface area (Å²) in [5.74, 6) is 0.0670. The van der Waals surface area contributed by atoms with Crippen molar-refractivity contribution in [1.82, 2.24) is 15.1 Å². The van der Waals surface area contributed by atoms with E-state index in [1.54, 1.807) is 0 Å². The zero-order valence-corrected chi connectivity index (χ0v) is 15.3. The number of hydrogen-bond acceptors (Lipinski definition) is 2. The van der Waals surface area contributed by atoms with Crippen molar-refractivity contribution in [3.8, 4) is 22.5 Å². The Balaban J connectivity index is 1.34. The van der Waals surface area contributed by atoms with Crippen LogP contribution < -0.4 is 0 Å². The van der Waals surface area contributed by atoms with E-state index in [0.717, 1.165) is 22.5 Å². The Morgan fingerprint density at radius 2 is 1.43 bits per heavy atom. The van der Waals surface area contributed by atoms with Crippen LogP contribution in [0.3, 0.4) is 0 Å². The average Bonchev–Trinajstić information content (AvgIpc) is 3.41. The van der Waals surface area contributed by atoms with Gasteiger partial charge in [-0.3, -0.25) is 9.89 Å². The summed E-state index contributed by atoms with van der Waals surface area (Å²) < 4.78 is 0. The minimum absolute atomic E-state index is 0.0670. The quantitative estimate of drug-likeness (QED) is 0.561. The number of rotatable bonds is 3. The molecular weight excluding hydrogens is 346 g/mol. The molecule has 0 saturated heterocycles. The molecular formula is C24H19N3O. The van der Waals surface area contributed by atoms with Crippen molar-refractivity contribution >= 4 is 5.91 Å². The second kappa shape index (κ2) is 6.82. The van der Waals surface area contributed by atoms with E-state index in [2.05, 4.69) is 22.3 Å². The topological polar surface area (TPSA) is 49.0 Å². The van der Waals surface area contributed by atoms with E-state index in [-0.39, 0.29) is 5.91 Å². The molecule has 0 aliphatic carbocycles. The summed E-state index contributed by atoms with van der Waals surface area (Å²) in [5.41, 5.74) is 7.11. The number of carbonyl (C=O) groups excluding carboxylic acids is 1. The standard InChI is InChI=1S/C24H19N3O/c28-24(27-15-20-8-4-5-9-21(20)16-27)19-12-10-18(11-13-19)23-14-22(25-26-23)17-6-2-1-3-7-17/h1-14H,15-16H2,(H,25,26). The van der Waals surface area contributed by atoms with Crippen LogP contribution in [0.25, 0.3) is 22.5 Å². The number of carbonyl (C=O) groups is 1. The Morgan fingerprint density at radius 3 is 2.11 bits per heavy atom. The molecule has 0 unspecified atom stereocenters. The SMILES string of the molecule is O=C(c1ccc(-c2cc(-c3ccccc3)n[nH]2)cc1)N1Cc2ccccc2C1. The van der Waals surface area contributed by atoms with Gasteiger partial charge >= 0.3 is 0 Å². The number of aromatic nitrogens is 2. The molecule has 0 saturated carbocycles. The number of hydrogen-bond donors (Lipinski definition) is 1. The van der Waals surface area contributed by atoms with Crippen LogP contribution in [0.2, 0.25) is 0 Å². The second-order valence-corrected chi connectivity index (χ2v) is 7.04. The molecule has 28 heavy (non-hydrogen) atoms. The molecule has 2 heterocycles. The molecule has 5 rings (SSSR count). The zero-order chi connectivity index (χ0) is 18.9. The van der Waals surface area contributed by atoms with E-state index in [0.29, 0.717) is 18.7 Å². The van der Waals surface area contributed by atoms with Crippen LogP contribution >= 0.6 is 0 Å². The number of aromatic amines is 1. The van der Waals surface area contributed by atoms with E-state index in [9.17, 15) is 4.79 Å². The first-order chi connectivity index (χ1) is 13.8. The molecule has 1 N–H and O–H groups in total. The highest BCUT2D eigenvalue weighted by molar-refractivity contribution is 5.95. The minimum atomic E-state index is 0.0670. The van der Waals surface area contributed by atoms with Crippen LogP contribution in [-0.2, 0) is 13.1 Å². The third kappa shape index (κ3) is 2.99. The summed E-state index contributed by atoms with van der Waals surface area (Å²) in [7, 11) is 0. The predicted molar refractivity (Wildman–Crippen MR) is 109 cm³/mol. The monoisotopic (exact) mass is 365 g/mol. The summed E-state index contributed by atoms with van der Waals surface area (Å²) in [4.78, 5) is 14.8. The lowest BCUT2D eigenvalue weighted by atomic mass is 10.1. The van der Waals surface area contributed by atoms with Gasteiger partial charge in [0.2, 0.25) is 0 Å². The molecule has 136 valence electrons. The van der Waals surface area contributed by atoms with Gasteiger partial charge < -0.3 is 4.90 Å². The lowest BCUT2D eigenvalue weighted by Gasteiger charge is -2.15. The van der Waals surface area contributed by atoms with Crippen LogP contribution in [0, 0.1) is 0 Å². The molecule has 1 amide bonds. The summed E-state index contributed by atoms with van der Waals surface area (Å²) >= 11 is 0. The van der Waals surface area contributed by atoms with Gasteiger partial charge in [0.25, 0.3) is 5.91 Å². The van der Waals surface area contributed by atoms with Gasteiger partial charge in [0.1, 0.15) is 0 Å². The Morgan fingerprint density at radius 1 is 0.786 bits per heavy atom. The van der Waals surface area contributed by atoms with Crippen molar-refractivity contribution in [2.24, 2.45) is 0 Å². The molecule has 0 fully saturated rings. The predicted octanol–water partition coefficient (Wildman–Crippen LogP) is 4.90. The van der Waals surface area contributed by atoms with E-state index >= 15 is 0 Å². The van der Waals surface area contributed by atoms with Crippen molar-refractivity contribution in [2.45, 2.75) is 13.1 Å². The molecule has 0 bridgehead atoms. The number of amides is 1. The highest BCUT2D eigenvalue weighted by Crippen LogP contribution is 2.26. The maximum Gasteiger partial charge on any atom is 0.254 e. The smallest absolute Gasteiger partial charge is 0.254 e. The van der Waals surface area contributed by atoms with Gasteiger partial charge in [-0.25, -0.2) is 0 Å². The molecule has 4 nitrogen and oxygen atoms in total. The first-order valence-corrected chi connectivity index (χ1v) is 9.35. The van der Waals surface area contributed by atoms with Gasteiger partial charge in [0.15, 0.2) is 0 Å². The summed E-state index contributed by atoms with van der Waals surface area (Å²) in [6.45, 7) is 1.36. The zero-order valence-electron chi connectivity index (χ0n) is 15.3. The second-order valence-electron chi connectivity index (χ2n) is 7.04. The lowest BCUT2D eigenvalue weighted by molar-refractivity contribution is 0.0751. The number of benzene rings is 3. The number of nitrogens with zero attached hydrogens (tertiary/aromatic N) is 2. The molecule has 4 aromatic rings. The molecule has 0 spiro atoms. The number of H-pyrrole nitrogens is 1. The van der Waals surface area contributed by atoms with Gasteiger partial charge in [-0.2, -0.15) is 5.10 Å². The van der Waals surface area contributed by atoms with Crippen molar-refractivity contribution in [1.29, 1.82) is 0 Å². The first kappa shape index (κ1) is 16.5. The van der Waals surface area contributed by atoms with Crippen molar-refractivity contribution in [3.05, 3.63) is 102 Å². The maximum atomic E-state index is 12.9. The van der Waals surface area contributed by atoms with E-state index < -0.39 is 0 Å². The van der Waals surface area contributed by atoms with Crippen LogP contribution in [0.5, 0.6) is 0 Å². The Kier molecular flexibility index (Phi) is 4.02. The molecule has 3 aromatic carbocycles. The summed E-state index contributed by atoms with van der Waals surface area (Å²) in [6.07, 6.45) is 0. The molecule has 0 radical (unpaired) electrons. The van der Waals surface area contributed by atoms with E-state index in [1.165, 1.54) is 11.1 Å². The van der Waals surface area contributed by atoms with Crippen LogP contribution in [0.4, 0.5) is 0 Å². The molecule has 1 aliphatic heterocycles. The maximum absolute atomic E-state index is 12.9. The molecule has 1 aromatic heterocycles. The Labute approximate surface area is 163 Å². The van der Waals surface area contributed by atoms with Gasteiger partial charge in [-0.15, -0.1) is 0 Å². The lowest BCUT2D eigenvalue weighted by Crippen LogP contribution is -2.25. The minimum Gasteiger partial charge on any atom is -0.330 e. The third-order valence-corrected chi connectivity index (χ3v) is 5.22. The molecule has 1 aliphatic rings. The van der Waals surface area contributed by atoms with E-state index in [1.807, 2.05) is 77.7 Å². The van der Waals surface area contributed by atoms with Crippen LogP contribution in [0.15, 0.2) is 84.9 Å². The fourth-order valence-corrected chi connectivity index (χ4v) is 3.68. The fraction of sp³-hybridized carbons (Fsp3) is 0.0833. The average molecular weight is 365 g/mol. The normalized spacial score (nSPS) is 12.8. The van der Waals surface area contributed by atoms with Crippen molar-refractivity contribution in [3.63, 3.8) is 0 Å². The van der Waals surface area contributed by atoms with Crippen molar-refractivity contribution < 1.29 is 4.79 Å². The molecule has 4 heteroatoms. The summed E-state index contributed by atoms with van der Waals surface area (Å²) in [5, 5.41) is 7.50. The van der Waals surface area contributed by atoms with Crippen LogP contribution in [0.1, 0.15) is 21.5 Å². The fourth-order valence-electron chi connectivity index (χ4n) is 3.68. The van der Waals surface area contributed by atoms with Gasteiger partial charge in [0, 0.05) is 24.2 Å². The van der Waals surface area contributed by atoms with Gasteiger partial charge in [0.05, 0.1) is 11.4 Å². The molecule has 0 atom stereocenters. The third-order valence-electron chi connectivity index (χ3n) is 5.22. The first-order valence-electron chi connectivity index (χ1n) is 9.35. The number of fused-ring (bicyclic) bond motifs is 1. The summed E-state index contributed by atoms with van der Waals surface area (Å²) in [6, 6.07) is 28.1. The van der Waals surface area contributed by atoms with Crippen molar-refractivity contribution in [2.75, 3.05) is 0 Å². The highest BCUT2D eigenvalue weighted by atomic mass is 16.2. The van der Waals surface area contributed by atoms with E-state index in [4.69, 9.17) is 0 Å². The van der Waals surface area contributed by atoms with Gasteiger partial charge in [-0.1, -0.05) is 66.7 Å². The Hall–Kier alpha value is -3.66. The largest absolute Gasteiger partial charge is 0.330 e. The highest BCUT2D eigenvalue weighted by Gasteiger charge is 2.23. The van der Waals surface area contributed by atoms with Crippen LogP contribution in [-0.4, -0.2) is 21.0 Å². The van der Waals surface area contributed by atoms with Gasteiger partial charge in [-0.05, 0) is 34.9 Å². The number of nitrogens with one attached hydrogen (secondary N) is 1.